The summed E-state index contributed by atoms with van der Waals surface area (Å²) >= 11 is 0. The largest absolute Gasteiger partial charge is 0.494 e. The van der Waals surface area contributed by atoms with Gasteiger partial charge in [-0.2, -0.15) is 0 Å². The van der Waals surface area contributed by atoms with Crippen LogP contribution in [0.4, 0.5) is 11.4 Å². The molecule has 1 heterocycles. The van der Waals surface area contributed by atoms with Crippen LogP contribution in [0.1, 0.15) is 38.8 Å². The van der Waals surface area contributed by atoms with E-state index in [0.717, 1.165) is 16.1 Å². The number of nitrogens with two attached hydrogens (primary N) is 1. The number of aromatic nitrogens is 1. The Morgan fingerprint density at radius 3 is 2.12 bits per heavy atom. The van der Waals surface area contributed by atoms with Crippen LogP contribution in [0.5, 0.6) is 17.4 Å². The molecule has 0 radical (unpaired) electrons. The molecule has 10 nitrogen and oxygen atoms in total. The fourth-order valence-electron chi connectivity index (χ4n) is 4.65. The summed E-state index contributed by atoms with van der Waals surface area (Å²) in [5, 5.41) is 11.8. The van der Waals surface area contributed by atoms with Crippen molar-refractivity contribution in [2.24, 2.45) is 10.7 Å². The van der Waals surface area contributed by atoms with Crippen molar-refractivity contribution in [1.29, 1.82) is 0 Å². The highest BCUT2D eigenvalue weighted by Crippen LogP contribution is 2.39. The van der Waals surface area contributed by atoms with Gasteiger partial charge in [0.05, 0.1) is 47.6 Å². The van der Waals surface area contributed by atoms with E-state index < -0.39 is 21.5 Å². The number of nitrogens with one attached hydrogen (secondary N) is 1. The number of ether oxygens (including phenoxy) is 2. The number of H-pyrrole nitrogens is 1. The molecule has 0 saturated carbocycles. The first-order chi connectivity index (χ1) is 19.4. The van der Waals surface area contributed by atoms with Crippen molar-refractivity contribution in [1.82, 2.24) is 4.98 Å². The summed E-state index contributed by atoms with van der Waals surface area (Å²) in [6.07, 6.45) is 1.02. The van der Waals surface area contributed by atoms with Gasteiger partial charge in [0.15, 0.2) is 17.4 Å². The lowest BCUT2D eigenvalue weighted by atomic mass is 10.0. The average molecular weight is 579 g/mol. The highest BCUT2D eigenvalue weighted by Gasteiger charge is 2.39. The molecule has 0 aliphatic rings. The number of carbonyl (C=O) groups excluding carboxylic acids is 1. The number of hydrogen-bond acceptors (Lipinski definition) is 7. The van der Waals surface area contributed by atoms with Gasteiger partial charge in [0.25, 0.3) is 0 Å². The molecule has 4 N–H and O–H groups in total. The molecular weight excluding hydrogens is 544 g/mol. The number of hydrogen-bond donors (Lipinski definition) is 3. The van der Waals surface area contributed by atoms with E-state index in [9.17, 15) is 18.3 Å². The Bertz CT molecular complexity index is 1690. The van der Waals surface area contributed by atoms with Crippen LogP contribution in [0.15, 0.2) is 71.7 Å². The Labute approximate surface area is 239 Å². The molecule has 0 saturated heterocycles. The molecule has 4 aromatic rings. The van der Waals surface area contributed by atoms with Gasteiger partial charge in [-0.25, -0.2) is 13.4 Å². The highest BCUT2D eigenvalue weighted by atomic mass is 32.2. The molecule has 216 valence electrons. The smallest absolute Gasteiger partial charge is 0.243 e. The molecular formula is C30H34N4O6S. The Morgan fingerprint density at radius 2 is 1.59 bits per heavy atom. The predicted octanol–water partition coefficient (Wildman–Crippen LogP) is 4.87. The number of aromatic amines is 1. The van der Waals surface area contributed by atoms with Crippen molar-refractivity contribution in [2.75, 3.05) is 23.8 Å². The minimum Gasteiger partial charge on any atom is -0.494 e. The molecule has 4 rings (SSSR count). The van der Waals surface area contributed by atoms with E-state index in [2.05, 4.69) is 4.98 Å². The second-order valence-electron chi connectivity index (χ2n) is 9.85. The molecule has 0 aliphatic heterocycles. The number of aliphatic imine (C=N–C) groups is 1. The molecule has 0 atom stereocenters. The maximum atomic E-state index is 12.6. The summed E-state index contributed by atoms with van der Waals surface area (Å²) in [5.74, 6) is 0.224. The number of primary amides is 1. The number of aromatic hydroxyl groups is 1. The zero-order chi connectivity index (χ0) is 29.9. The van der Waals surface area contributed by atoms with Gasteiger partial charge < -0.3 is 25.3 Å². The molecule has 41 heavy (non-hydrogen) atoms. The summed E-state index contributed by atoms with van der Waals surface area (Å²) in [4.78, 5) is 20.0. The summed E-state index contributed by atoms with van der Waals surface area (Å²) < 4.78 is 37.8. The Kier molecular flexibility index (Phi) is 8.29. The van der Waals surface area contributed by atoms with Crippen LogP contribution in [0.2, 0.25) is 0 Å². The third-order valence-electron chi connectivity index (χ3n) is 6.49. The minimum atomic E-state index is -3.84. The van der Waals surface area contributed by atoms with Crippen molar-refractivity contribution in [3.8, 4) is 17.4 Å². The number of nitrogens with zero attached hydrogens (tertiary/aromatic N) is 2. The van der Waals surface area contributed by atoms with Gasteiger partial charge in [-0.3, -0.25) is 9.10 Å². The topological polar surface area (TPSA) is 147 Å². The molecule has 0 unspecified atom stereocenters. The number of amides is 1. The van der Waals surface area contributed by atoms with E-state index in [4.69, 9.17) is 20.2 Å². The van der Waals surface area contributed by atoms with Crippen LogP contribution in [0.25, 0.3) is 10.9 Å². The molecule has 11 heteroatoms. The van der Waals surface area contributed by atoms with Crippen LogP contribution in [0, 0.1) is 0 Å². The number of anilines is 1. The highest BCUT2D eigenvalue weighted by molar-refractivity contribution is 7.92. The fourth-order valence-corrected chi connectivity index (χ4v) is 6.07. The van der Waals surface area contributed by atoms with Crippen molar-refractivity contribution in [3.05, 3.63) is 77.9 Å². The normalized spacial score (nSPS) is 12.4. The SMILES string of the molecule is CCOc1cc2[nH]c(O)c(C(=Nc3ccc(N(C(C)(C)C(N)=O)S(C)(=O)=O)cc3)c3ccccc3)c2cc1OCC. The second kappa shape index (κ2) is 11.5. The molecule has 0 spiro atoms. The minimum absolute atomic E-state index is 0.0817. The third-order valence-corrected chi connectivity index (χ3v) is 7.82. The summed E-state index contributed by atoms with van der Waals surface area (Å²) in [6.45, 7) is 7.54. The van der Waals surface area contributed by atoms with Crippen molar-refractivity contribution >= 4 is 43.9 Å². The Morgan fingerprint density at radius 1 is 1.00 bits per heavy atom. The van der Waals surface area contributed by atoms with Crippen LogP contribution in [0.3, 0.4) is 0 Å². The van der Waals surface area contributed by atoms with Gasteiger partial charge in [-0.05, 0) is 58.0 Å². The van der Waals surface area contributed by atoms with Gasteiger partial charge >= 0.3 is 0 Å². The molecule has 0 fully saturated rings. The molecule has 3 aromatic carbocycles. The van der Waals surface area contributed by atoms with E-state index in [0.29, 0.717) is 52.6 Å². The first-order valence-electron chi connectivity index (χ1n) is 13.1. The van der Waals surface area contributed by atoms with Crippen molar-refractivity contribution in [3.63, 3.8) is 0 Å². The van der Waals surface area contributed by atoms with E-state index >= 15 is 0 Å². The van der Waals surface area contributed by atoms with E-state index in [1.165, 1.54) is 13.8 Å². The lowest BCUT2D eigenvalue weighted by molar-refractivity contribution is -0.121. The van der Waals surface area contributed by atoms with Crippen LogP contribution >= 0.6 is 0 Å². The fraction of sp³-hybridized carbons (Fsp3) is 0.267. The maximum absolute atomic E-state index is 12.6. The average Bonchev–Trinajstić information content (AvgIpc) is 3.22. The van der Waals surface area contributed by atoms with Gasteiger partial charge in [-0.15, -0.1) is 0 Å². The molecule has 1 aromatic heterocycles. The predicted molar refractivity (Wildman–Crippen MR) is 161 cm³/mol. The van der Waals surface area contributed by atoms with Crippen molar-refractivity contribution < 1.29 is 27.8 Å². The van der Waals surface area contributed by atoms with E-state index in [1.54, 1.807) is 30.3 Å². The van der Waals surface area contributed by atoms with Gasteiger partial charge in [0.1, 0.15) is 5.54 Å². The van der Waals surface area contributed by atoms with Gasteiger partial charge in [-0.1, -0.05) is 30.3 Å². The third kappa shape index (κ3) is 5.99. The van der Waals surface area contributed by atoms with E-state index in [1.807, 2.05) is 50.2 Å². The summed E-state index contributed by atoms with van der Waals surface area (Å²) in [7, 11) is -3.84. The Balaban J connectivity index is 1.89. The molecule has 0 aliphatic carbocycles. The van der Waals surface area contributed by atoms with E-state index in [-0.39, 0.29) is 11.6 Å². The first kappa shape index (κ1) is 29.5. The Hall–Kier alpha value is -4.51. The first-order valence-corrected chi connectivity index (χ1v) is 14.9. The molecule has 1 amide bonds. The number of carbonyl (C=O) groups is 1. The second-order valence-corrected chi connectivity index (χ2v) is 11.7. The number of benzene rings is 3. The monoisotopic (exact) mass is 578 g/mol. The lowest BCUT2D eigenvalue weighted by Gasteiger charge is -2.35. The standard InChI is InChI=1S/C30H34N4O6S/c1-6-39-24-17-22-23(18-25(24)40-7-2)33-28(35)26(22)27(19-11-9-8-10-12-19)32-20-13-15-21(16-14-20)34(41(5,37)38)30(3,4)29(31)36/h8-18,33,35H,6-7H2,1-5H3,(H2,31,36). The number of fused-ring (bicyclic) bond motifs is 1. The zero-order valence-electron chi connectivity index (χ0n) is 23.6. The quantitative estimate of drug-likeness (QED) is 0.216. The number of rotatable bonds is 11. The number of sulfonamides is 1. The van der Waals surface area contributed by atoms with Gasteiger partial charge in [0.2, 0.25) is 15.9 Å². The lowest BCUT2D eigenvalue weighted by Crippen LogP contribution is -2.55. The van der Waals surface area contributed by atoms with Crippen LogP contribution < -0.4 is 19.5 Å². The summed E-state index contributed by atoms with van der Waals surface area (Å²) in [5.41, 5.74) is 7.10. The van der Waals surface area contributed by atoms with Crippen LogP contribution in [-0.2, 0) is 14.8 Å². The maximum Gasteiger partial charge on any atom is 0.243 e. The van der Waals surface area contributed by atoms with Crippen molar-refractivity contribution in [2.45, 2.75) is 33.2 Å². The zero-order valence-corrected chi connectivity index (χ0v) is 24.5. The van der Waals surface area contributed by atoms with Gasteiger partial charge in [0, 0.05) is 17.0 Å². The summed E-state index contributed by atoms with van der Waals surface area (Å²) in [6, 6.07) is 19.4. The molecule has 0 bridgehead atoms. The van der Waals surface area contributed by atoms with Crippen LogP contribution in [-0.4, -0.2) is 55.1 Å².